The lowest BCUT2D eigenvalue weighted by Gasteiger charge is -2.09. The van der Waals surface area contributed by atoms with Gasteiger partial charge in [-0.25, -0.2) is 9.37 Å². The summed E-state index contributed by atoms with van der Waals surface area (Å²) in [5.41, 5.74) is 6.02. The Balaban J connectivity index is 2.27. The van der Waals surface area contributed by atoms with Crippen LogP contribution in [-0.2, 0) is 0 Å². The zero-order valence-electron chi connectivity index (χ0n) is 10.5. The Morgan fingerprint density at radius 2 is 2.15 bits per heavy atom. The average Bonchev–Trinajstić information content (AvgIpc) is 2.40. The number of nitrogen functional groups attached to an aromatic ring is 1. The molecule has 104 valence electrons. The second kappa shape index (κ2) is 5.87. The fraction of sp³-hybridized carbons (Fsp3) is 0.0769. The third-order valence-electron chi connectivity index (χ3n) is 2.49. The summed E-state index contributed by atoms with van der Waals surface area (Å²) < 4.78 is 18.9. The number of nitrogens with two attached hydrogens (primary N) is 1. The van der Waals surface area contributed by atoms with Gasteiger partial charge in [0.05, 0.1) is 18.9 Å². The van der Waals surface area contributed by atoms with Crippen LogP contribution in [0.5, 0.6) is 5.75 Å². The lowest BCUT2D eigenvalue weighted by Crippen LogP contribution is -2.15. The van der Waals surface area contributed by atoms with Gasteiger partial charge in [-0.05, 0) is 18.2 Å². The van der Waals surface area contributed by atoms with Crippen molar-refractivity contribution in [2.24, 2.45) is 0 Å². The number of halogens is 2. The Morgan fingerprint density at radius 1 is 1.40 bits per heavy atom. The molecule has 2 rings (SSSR count). The van der Waals surface area contributed by atoms with Gasteiger partial charge < -0.3 is 15.8 Å². The maximum Gasteiger partial charge on any atom is 0.259 e. The van der Waals surface area contributed by atoms with Gasteiger partial charge in [0, 0.05) is 16.2 Å². The molecule has 1 amide bonds. The Bertz CT molecular complexity index is 664. The maximum absolute atomic E-state index is 13.1. The lowest BCUT2D eigenvalue weighted by molar-refractivity contribution is 0.102. The number of hydrogen-bond acceptors (Lipinski definition) is 4. The molecule has 1 aromatic carbocycles. The zero-order valence-corrected chi connectivity index (χ0v) is 12.1. The Kier molecular flexibility index (Phi) is 4.19. The van der Waals surface area contributed by atoms with Gasteiger partial charge in [-0.1, -0.05) is 15.9 Å². The summed E-state index contributed by atoms with van der Waals surface area (Å²) in [6.45, 7) is 0. The molecule has 3 N–H and O–H groups in total. The predicted octanol–water partition coefficient (Wildman–Crippen LogP) is 2.83. The number of aromatic nitrogens is 1. The monoisotopic (exact) mass is 339 g/mol. The number of amides is 1. The van der Waals surface area contributed by atoms with Crippen molar-refractivity contribution in [2.75, 3.05) is 18.2 Å². The van der Waals surface area contributed by atoms with Crippen LogP contribution in [0.25, 0.3) is 0 Å². The predicted molar refractivity (Wildman–Crippen MR) is 77.3 cm³/mol. The van der Waals surface area contributed by atoms with Crippen molar-refractivity contribution in [2.45, 2.75) is 0 Å². The summed E-state index contributed by atoms with van der Waals surface area (Å²) in [7, 11) is 1.52. The number of anilines is 2. The number of benzene rings is 1. The van der Waals surface area contributed by atoms with Crippen LogP contribution in [0.15, 0.2) is 34.9 Å². The summed E-state index contributed by atoms with van der Waals surface area (Å²) >= 11 is 3.30. The molecule has 5 nitrogen and oxygen atoms in total. The molecule has 0 aliphatic carbocycles. The molecule has 0 radical (unpaired) electrons. The number of rotatable bonds is 3. The third kappa shape index (κ3) is 3.24. The number of pyridine rings is 1. The van der Waals surface area contributed by atoms with Crippen LogP contribution in [-0.4, -0.2) is 18.0 Å². The van der Waals surface area contributed by atoms with Crippen molar-refractivity contribution in [3.63, 3.8) is 0 Å². The summed E-state index contributed by atoms with van der Waals surface area (Å²) in [5, 5.41) is 2.61. The van der Waals surface area contributed by atoms with E-state index in [9.17, 15) is 9.18 Å². The number of carbonyl (C=O) groups excluding carboxylic acids is 1. The van der Waals surface area contributed by atoms with Crippen LogP contribution in [0.1, 0.15) is 10.4 Å². The van der Waals surface area contributed by atoms with Crippen LogP contribution in [0.3, 0.4) is 0 Å². The highest BCUT2D eigenvalue weighted by Gasteiger charge is 2.13. The standard InChI is InChI=1S/C13H11BrFN3O2/c1-20-10-3-7(14)2-9(5-10)18-13(19)11-4-8(15)6-17-12(11)16/h2-6H,1H3,(H2,16,17)(H,18,19). The Hall–Kier alpha value is -2.15. The quantitative estimate of drug-likeness (QED) is 0.901. The molecule has 0 bridgehead atoms. The SMILES string of the molecule is COc1cc(Br)cc(NC(=O)c2cc(F)cnc2N)c1. The molecular formula is C13H11BrFN3O2. The van der Waals surface area contributed by atoms with Gasteiger partial charge in [-0.3, -0.25) is 4.79 Å². The van der Waals surface area contributed by atoms with Gasteiger partial charge >= 0.3 is 0 Å². The van der Waals surface area contributed by atoms with Crippen molar-refractivity contribution in [3.05, 3.63) is 46.3 Å². The van der Waals surface area contributed by atoms with Crippen molar-refractivity contribution in [3.8, 4) is 5.75 Å². The summed E-state index contributed by atoms with van der Waals surface area (Å²) in [4.78, 5) is 15.6. The molecule has 7 heteroatoms. The van der Waals surface area contributed by atoms with Crippen LogP contribution >= 0.6 is 15.9 Å². The molecule has 0 atom stereocenters. The van der Waals surface area contributed by atoms with E-state index >= 15 is 0 Å². The maximum atomic E-state index is 13.1. The molecule has 1 aromatic heterocycles. The first-order valence-electron chi connectivity index (χ1n) is 5.56. The molecule has 0 spiro atoms. The Labute approximate surface area is 123 Å². The molecule has 0 saturated heterocycles. The van der Waals surface area contributed by atoms with E-state index in [1.54, 1.807) is 18.2 Å². The first-order chi connectivity index (χ1) is 9.49. The largest absolute Gasteiger partial charge is 0.497 e. The number of nitrogens with zero attached hydrogens (tertiary/aromatic N) is 1. The highest BCUT2D eigenvalue weighted by atomic mass is 79.9. The van der Waals surface area contributed by atoms with Gasteiger partial charge in [-0.2, -0.15) is 0 Å². The molecular weight excluding hydrogens is 329 g/mol. The molecule has 0 saturated carbocycles. The van der Waals surface area contributed by atoms with Crippen molar-refractivity contribution in [1.82, 2.24) is 4.98 Å². The number of carbonyl (C=O) groups is 1. The highest BCUT2D eigenvalue weighted by Crippen LogP contribution is 2.25. The molecule has 0 unspecified atom stereocenters. The number of ether oxygens (including phenoxy) is 1. The van der Waals surface area contributed by atoms with Crippen molar-refractivity contribution in [1.29, 1.82) is 0 Å². The number of hydrogen-bond donors (Lipinski definition) is 2. The van der Waals surface area contributed by atoms with Crippen LogP contribution in [0.2, 0.25) is 0 Å². The van der Waals surface area contributed by atoms with Gasteiger partial charge in [0.1, 0.15) is 17.4 Å². The minimum atomic E-state index is -0.629. The smallest absolute Gasteiger partial charge is 0.259 e. The summed E-state index contributed by atoms with van der Waals surface area (Å²) in [6.07, 6.45) is 0.953. The molecule has 0 fully saturated rings. The highest BCUT2D eigenvalue weighted by molar-refractivity contribution is 9.10. The van der Waals surface area contributed by atoms with E-state index in [4.69, 9.17) is 10.5 Å². The molecule has 1 heterocycles. The lowest BCUT2D eigenvalue weighted by atomic mass is 10.2. The molecule has 20 heavy (non-hydrogen) atoms. The first kappa shape index (κ1) is 14.3. The van der Waals surface area contributed by atoms with Crippen molar-refractivity contribution < 1.29 is 13.9 Å². The summed E-state index contributed by atoms with van der Waals surface area (Å²) in [6, 6.07) is 6.09. The fourth-order valence-electron chi connectivity index (χ4n) is 1.58. The van der Waals surface area contributed by atoms with E-state index in [0.29, 0.717) is 11.4 Å². The van der Waals surface area contributed by atoms with E-state index in [1.807, 2.05) is 0 Å². The third-order valence-corrected chi connectivity index (χ3v) is 2.95. The van der Waals surface area contributed by atoms with E-state index in [2.05, 4.69) is 26.2 Å². The minimum absolute atomic E-state index is 0.0241. The first-order valence-corrected chi connectivity index (χ1v) is 6.36. The van der Waals surface area contributed by atoms with E-state index < -0.39 is 11.7 Å². The topological polar surface area (TPSA) is 77.2 Å². The van der Waals surface area contributed by atoms with E-state index in [1.165, 1.54) is 7.11 Å². The molecule has 2 aromatic rings. The second-order valence-electron chi connectivity index (χ2n) is 3.92. The average molecular weight is 340 g/mol. The van der Waals surface area contributed by atoms with Gasteiger partial charge in [-0.15, -0.1) is 0 Å². The molecule has 0 aliphatic heterocycles. The Morgan fingerprint density at radius 3 is 2.85 bits per heavy atom. The fourth-order valence-corrected chi connectivity index (χ4v) is 2.06. The van der Waals surface area contributed by atoms with Gasteiger partial charge in [0.2, 0.25) is 0 Å². The minimum Gasteiger partial charge on any atom is -0.497 e. The summed E-state index contributed by atoms with van der Waals surface area (Å²) in [5.74, 6) is -0.642. The van der Waals surface area contributed by atoms with Crippen LogP contribution < -0.4 is 15.8 Å². The van der Waals surface area contributed by atoms with E-state index in [-0.39, 0.29) is 11.4 Å². The van der Waals surface area contributed by atoms with Crippen molar-refractivity contribution >= 4 is 33.3 Å². The van der Waals surface area contributed by atoms with Crippen LogP contribution in [0, 0.1) is 5.82 Å². The van der Waals surface area contributed by atoms with E-state index in [0.717, 1.165) is 16.7 Å². The normalized spacial score (nSPS) is 10.2. The van der Waals surface area contributed by atoms with Gasteiger partial charge in [0.25, 0.3) is 5.91 Å². The second-order valence-corrected chi connectivity index (χ2v) is 4.84. The molecule has 0 aliphatic rings. The van der Waals surface area contributed by atoms with Crippen LogP contribution in [0.4, 0.5) is 15.9 Å². The number of methoxy groups -OCH3 is 1. The number of nitrogens with one attached hydrogen (secondary N) is 1. The van der Waals surface area contributed by atoms with Gasteiger partial charge in [0.15, 0.2) is 0 Å². The zero-order chi connectivity index (χ0) is 14.7.